The third-order valence-electron chi connectivity index (χ3n) is 6.42. The number of halogens is 4. The van der Waals surface area contributed by atoms with E-state index in [0.29, 0.717) is 27.8 Å². The molecule has 0 saturated carbocycles. The molecule has 0 saturated heterocycles. The summed E-state index contributed by atoms with van der Waals surface area (Å²) in [6.45, 7) is 0.200. The molecular weight excluding hydrogens is 573 g/mol. The number of alkyl halides is 3. The van der Waals surface area contributed by atoms with Crippen molar-refractivity contribution in [2.75, 3.05) is 11.3 Å². The van der Waals surface area contributed by atoms with E-state index in [1.807, 2.05) is 18.2 Å². The Balaban J connectivity index is 1.30. The predicted molar refractivity (Wildman–Crippen MR) is 142 cm³/mol. The summed E-state index contributed by atoms with van der Waals surface area (Å²) < 4.78 is 74.3. The first-order valence-electron chi connectivity index (χ1n) is 11.9. The number of phenols is 1. The first kappa shape index (κ1) is 27.8. The van der Waals surface area contributed by atoms with Crippen LogP contribution >= 0.6 is 11.6 Å². The number of benzene rings is 3. The van der Waals surface area contributed by atoms with E-state index in [1.165, 1.54) is 4.72 Å². The molecule has 3 N–H and O–H groups in total. The number of fused-ring (bicyclic) bond motifs is 2. The Bertz CT molecular complexity index is 1680. The van der Waals surface area contributed by atoms with E-state index in [0.717, 1.165) is 29.1 Å². The molecule has 5 rings (SSSR count). The Morgan fingerprint density at radius 2 is 1.85 bits per heavy atom. The van der Waals surface area contributed by atoms with E-state index in [4.69, 9.17) is 21.1 Å². The Labute approximate surface area is 232 Å². The van der Waals surface area contributed by atoms with Gasteiger partial charge in [-0.05, 0) is 66.6 Å². The standard InChI is InChI=1S/C27H22ClF3N2O6S/c28-18-3-1-15-2-4-20(32-23(15)11-18)14-38-21-6-8-25-22(12-21)26(35)17(13-39-25)9-16-10-19(5-7-24(16)34)33-40(36,37)27(29,30)31/h1-8,10-12,17,26,33-35H,9,13-14H2. The SMILES string of the molecule is O=S(=O)(Nc1ccc(O)c(CC2COc3ccc(OCc4ccc5ccc(Cl)cc5n4)cc3C2O)c1)C(F)(F)F. The van der Waals surface area contributed by atoms with Crippen molar-refractivity contribution >= 4 is 38.2 Å². The highest BCUT2D eigenvalue weighted by atomic mass is 35.5. The van der Waals surface area contributed by atoms with Crippen LogP contribution in [0.5, 0.6) is 17.2 Å². The molecule has 8 nitrogen and oxygen atoms in total. The van der Waals surface area contributed by atoms with Gasteiger partial charge in [0.2, 0.25) is 0 Å². The third-order valence-corrected chi connectivity index (χ3v) is 7.77. The average molecular weight is 595 g/mol. The molecule has 0 fully saturated rings. The highest BCUT2D eigenvalue weighted by Gasteiger charge is 2.46. The van der Waals surface area contributed by atoms with Gasteiger partial charge in [-0.2, -0.15) is 21.6 Å². The lowest BCUT2D eigenvalue weighted by Crippen LogP contribution is -2.30. The topological polar surface area (TPSA) is 118 Å². The van der Waals surface area contributed by atoms with Crippen LogP contribution in [0.25, 0.3) is 10.9 Å². The number of aromatic hydroxyl groups is 1. The lowest BCUT2D eigenvalue weighted by molar-refractivity contribution is -0.0429. The number of sulfonamides is 1. The number of rotatable bonds is 7. The minimum Gasteiger partial charge on any atom is -0.508 e. The third kappa shape index (κ3) is 5.88. The number of hydrogen-bond donors (Lipinski definition) is 3. The molecule has 1 aromatic heterocycles. The minimum absolute atomic E-state index is 0.0112. The maximum Gasteiger partial charge on any atom is 0.516 e. The van der Waals surface area contributed by atoms with Gasteiger partial charge in [0.25, 0.3) is 0 Å². The summed E-state index contributed by atoms with van der Waals surface area (Å²) in [6, 6.07) is 17.3. The summed E-state index contributed by atoms with van der Waals surface area (Å²) >= 11 is 6.06. The van der Waals surface area contributed by atoms with Crippen molar-refractivity contribution in [3.05, 3.63) is 88.6 Å². The molecule has 0 spiro atoms. The van der Waals surface area contributed by atoms with Crippen LogP contribution in [0.3, 0.4) is 0 Å². The number of phenolic OH excluding ortho intramolecular Hbond substituents is 1. The number of aromatic nitrogens is 1. The van der Waals surface area contributed by atoms with Crippen molar-refractivity contribution in [2.45, 2.75) is 24.6 Å². The lowest BCUT2D eigenvalue weighted by atomic mass is 9.87. The molecule has 3 aromatic carbocycles. The van der Waals surface area contributed by atoms with Gasteiger partial charge in [-0.15, -0.1) is 0 Å². The summed E-state index contributed by atoms with van der Waals surface area (Å²) in [6.07, 6.45) is -1.08. The normalized spacial score (nSPS) is 17.2. The number of aliphatic hydroxyl groups excluding tert-OH is 1. The molecule has 0 aliphatic carbocycles. The Morgan fingerprint density at radius 1 is 1.07 bits per heavy atom. The first-order chi connectivity index (χ1) is 18.9. The zero-order valence-electron chi connectivity index (χ0n) is 20.5. The number of hydrogen-bond acceptors (Lipinski definition) is 7. The van der Waals surface area contributed by atoms with E-state index in [-0.39, 0.29) is 36.6 Å². The largest absolute Gasteiger partial charge is 0.516 e. The molecule has 2 heterocycles. The number of ether oxygens (including phenoxy) is 2. The van der Waals surface area contributed by atoms with Crippen LogP contribution < -0.4 is 14.2 Å². The van der Waals surface area contributed by atoms with Gasteiger partial charge < -0.3 is 19.7 Å². The number of anilines is 1. The number of pyridine rings is 1. The first-order valence-corrected chi connectivity index (χ1v) is 13.8. The molecule has 40 heavy (non-hydrogen) atoms. The van der Waals surface area contributed by atoms with Gasteiger partial charge in [0.15, 0.2) is 0 Å². The molecule has 2 unspecified atom stereocenters. The highest BCUT2D eigenvalue weighted by Crippen LogP contribution is 2.40. The minimum atomic E-state index is -5.64. The van der Waals surface area contributed by atoms with Crippen molar-refractivity contribution in [3.63, 3.8) is 0 Å². The molecule has 1 aliphatic heterocycles. The van der Waals surface area contributed by atoms with Gasteiger partial charge in [0.05, 0.1) is 23.9 Å². The Kier molecular flexibility index (Phi) is 7.42. The molecule has 2 atom stereocenters. The fourth-order valence-electron chi connectivity index (χ4n) is 4.37. The lowest BCUT2D eigenvalue weighted by Gasteiger charge is -2.31. The van der Waals surface area contributed by atoms with Crippen LogP contribution in [0, 0.1) is 5.92 Å². The van der Waals surface area contributed by atoms with Crippen molar-refractivity contribution in [1.29, 1.82) is 0 Å². The van der Waals surface area contributed by atoms with Gasteiger partial charge in [0, 0.05) is 27.6 Å². The summed E-state index contributed by atoms with van der Waals surface area (Å²) in [5.41, 5.74) is -3.92. The zero-order valence-corrected chi connectivity index (χ0v) is 22.1. The van der Waals surface area contributed by atoms with Gasteiger partial charge in [0.1, 0.15) is 23.9 Å². The van der Waals surface area contributed by atoms with Crippen molar-refractivity contribution in [3.8, 4) is 17.2 Å². The van der Waals surface area contributed by atoms with Crippen molar-refractivity contribution in [1.82, 2.24) is 4.98 Å². The number of aliphatic hydroxyl groups is 1. The molecule has 0 bridgehead atoms. The van der Waals surface area contributed by atoms with E-state index < -0.39 is 27.6 Å². The van der Waals surface area contributed by atoms with Crippen molar-refractivity contribution in [2.24, 2.45) is 5.92 Å². The van der Waals surface area contributed by atoms with E-state index in [9.17, 15) is 31.8 Å². The van der Waals surface area contributed by atoms with Crippen LogP contribution in [0.4, 0.5) is 18.9 Å². The molecule has 0 radical (unpaired) electrons. The Hall–Kier alpha value is -3.74. The van der Waals surface area contributed by atoms with Crippen LogP contribution in [-0.2, 0) is 23.1 Å². The average Bonchev–Trinajstić information content (AvgIpc) is 2.90. The highest BCUT2D eigenvalue weighted by molar-refractivity contribution is 7.93. The van der Waals surface area contributed by atoms with Gasteiger partial charge >= 0.3 is 15.5 Å². The van der Waals surface area contributed by atoms with Crippen LogP contribution in [0.2, 0.25) is 5.02 Å². The zero-order chi connectivity index (χ0) is 28.7. The second-order valence-electron chi connectivity index (χ2n) is 9.24. The molecule has 4 aromatic rings. The second-order valence-corrected chi connectivity index (χ2v) is 11.4. The van der Waals surface area contributed by atoms with E-state index in [1.54, 1.807) is 30.3 Å². The fourth-order valence-corrected chi connectivity index (χ4v) is 5.09. The summed E-state index contributed by atoms with van der Waals surface area (Å²) in [4.78, 5) is 4.55. The number of nitrogens with zero attached hydrogens (tertiary/aromatic N) is 1. The molecule has 1 aliphatic rings. The molecule has 13 heteroatoms. The van der Waals surface area contributed by atoms with Gasteiger partial charge in [-0.25, -0.2) is 4.98 Å². The van der Waals surface area contributed by atoms with Crippen LogP contribution in [0.15, 0.2) is 66.7 Å². The molecule has 0 amide bonds. The summed E-state index contributed by atoms with van der Waals surface area (Å²) in [7, 11) is -5.64. The van der Waals surface area contributed by atoms with Crippen LogP contribution in [-0.4, -0.2) is 35.7 Å². The quantitative estimate of drug-likeness (QED) is 0.234. The fraction of sp³-hybridized carbons (Fsp3) is 0.222. The molecule has 210 valence electrons. The predicted octanol–water partition coefficient (Wildman–Crippen LogP) is 5.72. The Morgan fingerprint density at radius 3 is 2.62 bits per heavy atom. The molecular formula is C27H22ClF3N2O6S. The van der Waals surface area contributed by atoms with Gasteiger partial charge in [-0.3, -0.25) is 4.72 Å². The summed E-state index contributed by atoms with van der Waals surface area (Å²) in [5, 5.41) is 22.8. The van der Waals surface area contributed by atoms with Crippen LogP contribution in [0.1, 0.15) is 22.9 Å². The smallest absolute Gasteiger partial charge is 0.508 e. The second kappa shape index (κ2) is 10.7. The van der Waals surface area contributed by atoms with Crippen molar-refractivity contribution < 1.29 is 41.3 Å². The summed E-state index contributed by atoms with van der Waals surface area (Å²) in [5.74, 6) is 0.0103. The monoisotopic (exact) mass is 594 g/mol. The maximum absolute atomic E-state index is 12.8. The maximum atomic E-state index is 12.8. The van der Waals surface area contributed by atoms with E-state index >= 15 is 0 Å². The van der Waals surface area contributed by atoms with Gasteiger partial charge in [-0.1, -0.05) is 23.7 Å². The number of nitrogens with one attached hydrogen (secondary N) is 1. The van der Waals surface area contributed by atoms with E-state index in [2.05, 4.69) is 4.98 Å².